The molecule has 2 rings (SSSR count). The van der Waals surface area contributed by atoms with Crippen LogP contribution in [0.4, 0.5) is 8.78 Å². The molecule has 0 saturated heterocycles. The fourth-order valence-corrected chi connectivity index (χ4v) is 2.68. The van der Waals surface area contributed by atoms with E-state index in [1.165, 1.54) is 6.07 Å². The summed E-state index contributed by atoms with van der Waals surface area (Å²) in [7, 11) is 0. The van der Waals surface area contributed by atoms with E-state index in [1.54, 1.807) is 31.2 Å². The Kier molecular flexibility index (Phi) is 5.48. The van der Waals surface area contributed by atoms with Crippen molar-refractivity contribution in [3.63, 3.8) is 0 Å². The second-order valence-corrected chi connectivity index (χ2v) is 5.89. The summed E-state index contributed by atoms with van der Waals surface area (Å²) in [5.74, 6) is -0.538. The summed E-state index contributed by atoms with van der Waals surface area (Å²) < 4.78 is 28.2. The molecule has 0 radical (unpaired) electrons. The lowest BCUT2D eigenvalue weighted by molar-refractivity contribution is 0.541. The average Bonchev–Trinajstić information content (AvgIpc) is 2.47. The van der Waals surface area contributed by atoms with Gasteiger partial charge in [-0.2, -0.15) is 0 Å². The van der Waals surface area contributed by atoms with Crippen LogP contribution in [0.15, 0.2) is 40.9 Å². The highest BCUT2D eigenvalue weighted by atomic mass is 79.9. The Morgan fingerprint density at radius 2 is 1.95 bits per heavy atom. The van der Waals surface area contributed by atoms with Crippen LogP contribution >= 0.6 is 15.9 Å². The average molecular weight is 354 g/mol. The summed E-state index contributed by atoms with van der Waals surface area (Å²) in [5.41, 5.74) is 2.03. The summed E-state index contributed by atoms with van der Waals surface area (Å²) in [4.78, 5) is 0. The molecule has 1 atom stereocenters. The van der Waals surface area contributed by atoms with E-state index in [-0.39, 0.29) is 17.7 Å². The predicted octanol–water partition coefficient (Wildman–Crippen LogP) is 5.12. The molecule has 1 N–H and O–H groups in total. The van der Waals surface area contributed by atoms with Crippen LogP contribution in [0.25, 0.3) is 0 Å². The van der Waals surface area contributed by atoms with E-state index in [4.69, 9.17) is 0 Å². The first-order valence-electron chi connectivity index (χ1n) is 6.98. The van der Waals surface area contributed by atoms with Gasteiger partial charge in [0.05, 0.1) is 10.5 Å². The molecule has 0 aliphatic heterocycles. The third kappa shape index (κ3) is 3.69. The minimum atomic E-state index is -0.322. The van der Waals surface area contributed by atoms with Crippen molar-refractivity contribution >= 4 is 15.9 Å². The van der Waals surface area contributed by atoms with Gasteiger partial charge in [-0.15, -0.1) is 0 Å². The smallest absolute Gasteiger partial charge is 0.137 e. The summed E-state index contributed by atoms with van der Waals surface area (Å²) in [6, 6.07) is 9.85. The van der Waals surface area contributed by atoms with E-state index in [0.29, 0.717) is 15.6 Å². The van der Waals surface area contributed by atoms with Crippen molar-refractivity contribution in [3.8, 4) is 0 Å². The zero-order chi connectivity index (χ0) is 15.4. The van der Waals surface area contributed by atoms with Crippen LogP contribution < -0.4 is 5.32 Å². The number of aryl methyl sites for hydroxylation is 1. The molecule has 0 aliphatic carbocycles. The lowest BCUT2D eigenvalue weighted by Crippen LogP contribution is -2.24. The first kappa shape index (κ1) is 16.1. The van der Waals surface area contributed by atoms with Crippen LogP contribution in [-0.4, -0.2) is 6.54 Å². The van der Waals surface area contributed by atoms with Crippen LogP contribution in [0, 0.1) is 18.6 Å². The Labute approximate surface area is 132 Å². The topological polar surface area (TPSA) is 12.0 Å². The maximum Gasteiger partial charge on any atom is 0.137 e. The van der Waals surface area contributed by atoms with E-state index in [1.807, 2.05) is 6.07 Å². The van der Waals surface area contributed by atoms with Crippen LogP contribution in [-0.2, 0) is 0 Å². The number of benzene rings is 2. The third-order valence-electron chi connectivity index (χ3n) is 3.41. The molecular weight excluding hydrogens is 336 g/mol. The van der Waals surface area contributed by atoms with E-state index >= 15 is 0 Å². The van der Waals surface area contributed by atoms with Crippen LogP contribution in [0.1, 0.15) is 36.1 Å². The molecule has 0 spiro atoms. The molecule has 0 aliphatic rings. The molecule has 21 heavy (non-hydrogen) atoms. The van der Waals surface area contributed by atoms with Gasteiger partial charge in [0.25, 0.3) is 0 Å². The van der Waals surface area contributed by atoms with Crippen molar-refractivity contribution in [1.29, 1.82) is 0 Å². The summed E-state index contributed by atoms with van der Waals surface area (Å²) in [6.45, 7) is 4.56. The normalized spacial score (nSPS) is 12.4. The third-order valence-corrected chi connectivity index (χ3v) is 4.02. The predicted molar refractivity (Wildman–Crippen MR) is 85.4 cm³/mol. The molecule has 0 heterocycles. The molecule has 2 aromatic rings. The van der Waals surface area contributed by atoms with Crippen LogP contribution in [0.5, 0.6) is 0 Å². The van der Waals surface area contributed by atoms with E-state index in [2.05, 4.69) is 28.2 Å². The van der Waals surface area contributed by atoms with Gasteiger partial charge < -0.3 is 5.32 Å². The van der Waals surface area contributed by atoms with Crippen molar-refractivity contribution in [1.82, 2.24) is 5.32 Å². The Hall–Kier alpha value is -1.26. The highest BCUT2D eigenvalue weighted by Gasteiger charge is 2.19. The van der Waals surface area contributed by atoms with Crippen molar-refractivity contribution in [2.24, 2.45) is 0 Å². The number of nitrogens with one attached hydrogen (secondary N) is 1. The first-order valence-corrected chi connectivity index (χ1v) is 7.77. The van der Waals surface area contributed by atoms with Gasteiger partial charge in [0.2, 0.25) is 0 Å². The van der Waals surface area contributed by atoms with Crippen molar-refractivity contribution in [3.05, 3.63) is 69.2 Å². The molecule has 2 aromatic carbocycles. The minimum absolute atomic E-state index is 0.216. The first-order chi connectivity index (χ1) is 10.0. The van der Waals surface area contributed by atoms with E-state index in [9.17, 15) is 8.78 Å². The lowest BCUT2D eigenvalue weighted by Gasteiger charge is -2.21. The maximum absolute atomic E-state index is 14.4. The Morgan fingerprint density at radius 1 is 1.19 bits per heavy atom. The highest BCUT2D eigenvalue weighted by Crippen LogP contribution is 2.28. The van der Waals surface area contributed by atoms with E-state index < -0.39 is 0 Å². The molecule has 1 unspecified atom stereocenters. The van der Waals surface area contributed by atoms with Crippen LogP contribution in [0.3, 0.4) is 0 Å². The van der Waals surface area contributed by atoms with Crippen molar-refractivity contribution in [2.45, 2.75) is 26.3 Å². The largest absolute Gasteiger partial charge is 0.306 e. The molecule has 0 fully saturated rings. The van der Waals surface area contributed by atoms with Gasteiger partial charge in [0.1, 0.15) is 11.6 Å². The molecule has 112 valence electrons. The second kappa shape index (κ2) is 7.14. The summed E-state index contributed by atoms with van der Waals surface area (Å²) in [6.07, 6.45) is 0.937. The van der Waals surface area contributed by atoms with Crippen molar-refractivity contribution < 1.29 is 8.78 Å². The van der Waals surface area contributed by atoms with Gasteiger partial charge in [-0.25, -0.2) is 8.78 Å². The number of halogens is 3. The van der Waals surface area contributed by atoms with Gasteiger partial charge in [0, 0.05) is 5.56 Å². The van der Waals surface area contributed by atoms with Gasteiger partial charge in [0.15, 0.2) is 0 Å². The Bertz CT molecular complexity index is 628. The number of hydrogen-bond acceptors (Lipinski definition) is 1. The van der Waals surface area contributed by atoms with Gasteiger partial charge >= 0.3 is 0 Å². The molecule has 0 saturated carbocycles. The number of hydrogen-bond donors (Lipinski definition) is 1. The molecule has 4 heteroatoms. The van der Waals surface area contributed by atoms with E-state index in [0.717, 1.165) is 18.5 Å². The van der Waals surface area contributed by atoms with Gasteiger partial charge in [-0.3, -0.25) is 0 Å². The molecule has 1 nitrogen and oxygen atoms in total. The lowest BCUT2D eigenvalue weighted by atomic mass is 9.96. The highest BCUT2D eigenvalue weighted by molar-refractivity contribution is 9.10. The van der Waals surface area contributed by atoms with Crippen LogP contribution in [0.2, 0.25) is 0 Å². The fraction of sp³-hybridized carbons (Fsp3) is 0.294. The van der Waals surface area contributed by atoms with Gasteiger partial charge in [-0.1, -0.05) is 31.2 Å². The molecule has 0 aromatic heterocycles. The standard InChI is InChI=1S/C17H18BrF2N/c1-3-9-21-17(12-7-8-15(19)14(18)10-12)13-6-4-5-11(2)16(13)20/h4-8,10,17,21H,3,9H2,1-2H3. The van der Waals surface area contributed by atoms with Crippen molar-refractivity contribution in [2.75, 3.05) is 6.54 Å². The quantitative estimate of drug-likeness (QED) is 0.785. The summed E-state index contributed by atoms with van der Waals surface area (Å²) >= 11 is 3.19. The monoisotopic (exact) mass is 353 g/mol. The molecule has 0 amide bonds. The maximum atomic E-state index is 14.4. The number of rotatable bonds is 5. The zero-order valence-corrected chi connectivity index (χ0v) is 13.7. The molecule has 0 bridgehead atoms. The second-order valence-electron chi connectivity index (χ2n) is 5.04. The summed E-state index contributed by atoms with van der Waals surface area (Å²) in [5, 5.41) is 3.33. The SMILES string of the molecule is CCCNC(c1ccc(F)c(Br)c1)c1cccc(C)c1F. The minimum Gasteiger partial charge on any atom is -0.306 e. The zero-order valence-electron chi connectivity index (χ0n) is 12.1. The molecular formula is C17H18BrF2N. The Balaban J connectivity index is 2.47. The fourth-order valence-electron chi connectivity index (χ4n) is 2.28. The Morgan fingerprint density at radius 3 is 2.62 bits per heavy atom. The van der Waals surface area contributed by atoms with Gasteiger partial charge in [-0.05, 0) is 59.1 Å².